The van der Waals surface area contributed by atoms with Crippen LogP contribution in [0.2, 0.25) is 0 Å². The van der Waals surface area contributed by atoms with E-state index < -0.39 is 34.7 Å². The van der Waals surface area contributed by atoms with Crippen LogP contribution in [-0.2, 0) is 6.54 Å². The summed E-state index contributed by atoms with van der Waals surface area (Å²) in [4.78, 5) is 15.8. The van der Waals surface area contributed by atoms with Gasteiger partial charge >= 0.3 is 0 Å². The van der Waals surface area contributed by atoms with Crippen molar-refractivity contribution < 1.29 is 22.4 Å². The van der Waals surface area contributed by atoms with Crippen LogP contribution in [-0.4, -0.2) is 22.0 Å². The molecule has 1 aromatic heterocycles. The average molecular weight is 329 g/mol. The maximum Gasteiger partial charge on any atom is 0.254 e. The highest BCUT2D eigenvalue weighted by atomic mass is 19.2. The maximum atomic E-state index is 13.4. The van der Waals surface area contributed by atoms with Crippen molar-refractivity contribution in [3.63, 3.8) is 0 Å². The molecule has 2 aromatic rings. The number of benzene rings is 1. The fourth-order valence-electron chi connectivity index (χ4n) is 2.08. The SMILES string of the molecule is Cc1nccn1CCCCNC(=O)c1cc(F)c(F)c(F)c1F. The normalized spacial score (nSPS) is 10.8. The summed E-state index contributed by atoms with van der Waals surface area (Å²) in [5.74, 6) is -7.35. The van der Waals surface area contributed by atoms with Crippen LogP contribution in [0.3, 0.4) is 0 Å². The molecule has 0 spiro atoms. The van der Waals surface area contributed by atoms with Crippen LogP contribution in [0.25, 0.3) is 0 Å². The molecule has 1 heterocycles. The van der Waals surface area contributed by atoms with Gasteiger partial charge in [-0.1, -0.05) is 0 Å². The van der Waals surface area contributed by atoms with E-state index in [1.165, 1.54) is 0 Å². The van der Waals surface area contributed by atoms with Crippen molar-refractivity contribution in [2.75, 3.05) is 6.54 Å². The molecule has 0 atom stereocenters. The Morgan fingerprint density at radius 1 is 1.17 bits per heavy atom. The molecule has 0 aliphatic heterocycles. The van der Waals surface area contributed by atoms with E-state index in [1.807, 2.05) is 17.7 Å². The zero-order chi connectivity index (χ0) is 17.0. The minimum atomic E-state index is -1.99. The first kappa shape index (κ1) is 17.0. The Labute approximate surface area is 130 Å². The number of nitrogens with one attached hydrogen (secondary N) is 1. The lowest BCUT2D eigenvalue weighted by Crippen LogP contribution is -2.26. The molecule has 124 valence electrons. The second-order valence-electron chi connectivity index (χ2n) is 4.98. The highest BCUT2D eigenvalue weighted by Gasteiger charge is 2.22. The summed E-state index contributed by atoms with van der Waals surface area (Å²) in [6.07, 6.45) is 4.81. The van der Waals surface area contributed by atoms with E-state index in [0.29, 0.717) is 19.0 Å². The number of nitrogens with zero attached hydrogens (tertiary/aromatic N) is 2. The number of rotatable bonds is 6. The van der Waals surface area contributed by atoms with Crippen LogP contribution in [0, 0.1) is 30.2 Å². The predicted octanol–water partition coefficient (Wildman–Crippen LogP) is 2.96. The number of carbonyl (C=O) groups is 1. The Balaban J connectivity index is 1.85. The minimum absolute atomic E-state index is 0.201. The molecule has 4 nitrogen and oxygen atoms in total. The van der Waals surface area contributed by atoms with Gasteiger partial charge in [-0.15, -0.1) is 0 Å². The summed E-state index contributed by atoms with van der Waals surface area (Å²) in [6, 6.07) is 0.345. The monoisotopic (exact) mass is 329 g/mol. The molecule has 0 fully saturated rings. The second-order valence-corrected chi connectivity index (χ2v) is 4.98. The topological polar surface area (TPSA) is 46.9 Å². The number of unbranched alkanes of at least 4 members (excludes halogenated alkanes) is 1. The summed E-state index contributed by atoms with van der Waals surface area (Å²) in [5.41, 5.74) is -0.855. The van der Waals surface area contributed by atoms with Gasteiger partial charge in [-0.2, -0.15) is 0 Å². The highest BCUT2D eigenvalue weighted by Crippen LogP contribution is 2.18. The molecule has 0 saturated heterocycles. The van der Waals surface area contributed by atoms with Crippen LogP contribution in [0.15, 0.2) is 18.5 Å². The van der Waals surface area contributed by atoms with Crippen LogP contribution in [0.1, 0.15) is 29.0 Å². The number of halogens is 4. The molecule has 8 heteroatoms. The zero-order valence-corrected chi connectivity index (χ0v) is 12.4. The Morgan fingerprint density at radius 3 is 2.57 bits per heavy atom. The third kappa shape index (κ3) is 3.88. The lowest BCUT2D eigenvalue weighted by Gasteiger charge is -2.08. The van der Waals surface area contributed by atoms with Crippen molar-refractivity contribution in [1.29, 1.82) is 0 Å². The number of carbonyl (C=O) groups excluding carboxylic acids is 1. The van der Waals surface area contributed by atoms with Crippen LogP contribution in [0.4, 0.5) is 17.6 Å². The summed E-state index contributed by atoms with van der Waals surface area (Å²) in [5, 5.41) is 2.35. The standard InChI is InChI=1S/C15H15F4N3O/c1-9-20-5-7-22(9)6-3-2-4-21-15(23)10-8-11(16)13(18)14(19)12(10)17/h5,7-8H,2-4,6H2,1H3,(H,21,23). The molecule has 23 heavy (non-hydrogen) atoms. The highest BCUT2D eigenvalue weighted by molar-refractivity contribution is 5.94. The molecule has 2 rings (SSSR count). The van der Waals surface area contributed by atoms with Crippen molar-refractivity contribution in [3.05, 3.63) is 53.1 Å². The molecular weight excluding hydrogens is 314 g/mol. The zero-order valence-electron chi connectivity index (χ0n) is 12.4. The Bertz CT molecular complexity index is 715. The Hall–Kier alpha value is -2.38. The van der Waals surface area contributed by atoms with E-state index in [-0.39, 0.29) is 6.54 Å². The van der Waals surface area contributed by atoms with Crippen molar-refractivity contribution in [2.24, 2.45) is 0 Å². The molecule has 0 saturated carbocycles. The number of hydrogen-bond acceptors (Lipinski definition) is 2. The van der Waals surface area contributed by atoms with Gasteiger partial charge in [-0.3, -0.25) is 4.79 Å². The van der Waals surface area contributed by atoms with Crippen LogP contribution in [0.5, 0.6) is 0 Å². The number of aromatic nitrogens is 2. The predicted molar refractivity (Wildman–Crippen MR) is 74.8 cm³/mol. The fraction of sp³-hybridized carbons (Fsp3) is 0.333. The average Bonchev–Trinajstić information content (AvgIpc) is 2.93. The molecule has 1 amide bonds. The van der Waals surface area contributed by atoms with E-state index >= 15 is 0 Å². The molecule has 0 bridgehead atoms. The lowest BCUT2D eigenvalue weighted by atomic mass is 10.1. The number of aryl methyl sites for hydroxylation is 2. The van der Waals surface area contributed by atoms with E-state index in [9.17, 15) is 22.4 Å². The van der Waals surface area contributed by atoms with E-state index in [4.69, 9.17) is 0 Å². The summed E-state index contributed by atoms with van der Waals surface area (Å²) in [6.45, 7) is 2.77. The van der Waals surface area contributed by atoms with E-state index in [2.05, 4.69) is 10.3 Å². The van der Waals surface area contributed by atoms with Gasteiger partial charge < -0.3 is 9.88 Å². The molecule has 1 N–H and O–H groups in total. The van der Waals surface area contributed by atoms with Crippen LogP contribution >= 0.6 is 0 Å². The van der Waals surface area contributed by atoms with Crippen LogP contribution < -0.4 is 5.32 Å². The smallest absolute Gasteiger partial charge is 0.254 e. The number of amides is 1. The first-order valence-electron chi connectivity index (χ1n) is 7.00. The van der Waals surface area contributed by atoms with Crippen molar-refractivity contribution >= 4 is 5.91 Å². The van der Waals surface area contributed by atoms with Crippen molar-refractivity contribution in [3.8, 4) is 0 Å². The second kappa shape index (κ2) is 7.26. The van der Waals surface area contributed by atoms with E-state index in [0.717, 1.165) is 12.2 Å². The van der Waals surface area contributed by atoms with Crippen molar-refractivity contribution in [1.82, 2.24) is 14.9 Å². The third-order valence-corrected chi connectivity index (χ3v) is 3.38. The Morgan fingerprint density at radius 2 is 1.91 bits per heavy atom. The third-order valence-electron chi connectivity index (χ3n) is 3.38. The van der Waals surface area contributed by atoms with Gasteiger partial charge in [0.2, 0.25) is 0 Å². The van der Waals surface area contributed by atoms with Gasteiger partial charge in [0.25, 0.3) is 5.91 Å². The number of imidazole rings is 1. The first-order valence-corrected chi connectivity index (χ1v) is 7.00. The van der Waals surface area contributed by atoms with Gasteiger partial charge in [0, 0.05) is 25.5 Å². The van der Waals surface area contributed by atoms with E-state index in [1.54, 1.807) is 6.20 Å². The lowest BCUT2D eigenvalue weighted by molar-refractivity contribution is 0.0946. The largest absolute Gasteiger partial charge is 0.352 e. The molecule has 0 radical (unpaired) electrons. The maximum absolute atomic E-state index is 13.4. The molecule has 1 aromatic carbocycles. The summed E-state index contributed by atoms with van der Waals surface area (Å²) >= 11 is 0. The van der Waals surface area contributed by atoms with Gasteiger partial charge in [-0.25, -0.2) is 22.5 Å². The Kier molecular flexibility index (Phi) is 5.36. The quantitative estimate of drug-likeness (QED) is 0.383. The summed E-state index contributed by atoms with van der Waals surface area (Å²) < 4.78 is 54.3. The van der Waals surface area contributed by atoms with Crippen molar-refractivity contribution in [2.45, 2.75) is 26.3 Å². The first-order chi connectivity index (χ1) is 10.9. The molecule has 0 aliphatic carbocycles. The molecule has 0 aliphatic rings. The molecular formula is C15H15F4N3O. The van der Waals surface area contributed by atoms with Gasteiger partial charge in [0.05, 0.1) is 5.56 Å². The fourth-order valence-corrected chi connectivity index (χ4v) is 2.08. The molecule has 0 unspecified atom stereocenters. The number of hydrogen-bond donors (Lipinski definition) is 1. The summed E-state index contributed by atoms with van der Waals surface area (Å²) in [7, 11) is 0. The van der Waals surface area contributed by atoms with Gasteiger partial charge in [-0.05, 0) is 25.8 Å². The van der Waals surface area contributed by atoms with Gasteiger partial charge in [0.1, 0.15) is 5.82 Å². The van der Waals surface area contributed by atoms with Gasteiger partial charge in [0.15, 0.2) is 23.3 Å². The minimum Gasteiger partial charge on any atom is -0.352 e.